The van der Waals surface area contributed by atoms with Gasteiger partial charge in [0, 0.05) is 26.2 Å². The largest absolute Gasteiger partial charge is 0.462 e. The number of aliphatic hydroxyl groups excluding tert-OH is 1. The van der Waals surface area contributed by atoms with Crippen molar-refractivity contribution in [1.29, 1.82) is 0 Å². The van der Waals surface area contributed by atoms with Gasteiger partial charge in [-0.1, -0.05) is 0 Å². The fraction of sp³-hybridized carbons (Fsp3) is 0.615. The molecule has 0 aromatic carbocycles. The van der Waals surface area contributed by atoms with Gasteiger partial charge >= 0.3 is 6.09 Å². The van der Waals surface area contributed by atoms with Gasteiger partial charge in [-0.3, -0.25) is 4.90 Å². The number of ether oxygens (including phenoxy) is 1. The third kappa shape index (κ3) is 3.71. The first-order valence-electron chi connectivity index (χ1n) is 6.55. The number of carbonyl (C=O) groups is 1. The molecule has 1 fully saturated rings. The monoisotopic (exact) mass is 268 g/mol. The Morgan fingerprint density at radius 3 is 2.58 bits per heavy atom. The number of amides is 1. The maximum atomic E-state index is 11.5. The van der Waals surface area contributed by atoms with Crippen molar-refractivity contribution in [2.75, 3.05) is 32.8 Å². The first-order chi connectivity index (χ1) is 9.22. The molecule has 6 nitrogen and oxygen atoms in total. The third-order valence-corrected chi connectivity index (χ3v) is 3.15. The molecule has 0 saturated carbocycles. The van der Waals surface area contributed by atoms with E-state index >= 15 is 0 Å². The smallest absolute Gasteiger partial charge is 0.409 e. The fourth-order valence-electron chi connectivity index (χ4n) is 2.12. The zero-order valence-corrected chi connectivity index (χ0v) is 11.2. The van der Waals surface area contributed by atoms with Gasteiger partial charge in [0.15, 0.2) is 0 Å². The van der Waals surface area contributed by atoms with E-state index < -0.39 is 0 Å². The Balaban J connectivity index is 1.78. The van der Waals surface area contributed by atoms with E-state index in [-0.39, 0.29) is 12.7 Å². The summed E-state index contributed by atoms with van der Waals surface area (Å²) in [6.07, 6.45) is -0.234. The van der Waals surface area contributed by atoms with Gasteiger partial charge in [0.05, 0.1) is 13.2 Å². The number of rotatable bonds is 4. The summed E-state index contributed by atoms with van der Waals surface area (Å²) in [5.41, 5.74) is 0. The molecule has 0 aliphatic carbocycles. The highest BCUT2D eigenvalue weighted by atomic mass is 16.6. The van der Waals surface area contributed by atoms with E-state index in [1.165, 1.54) is 0 Å². The lowest BCUT2D eigenvalue weighted by atomic mass is 10.3. The third-order valence-electron chi connectivity index (χ3n) is 3.15. The molecule has 0 unspecified atom stereocenters. The molecule has 19 heavy (non-hydrogen) atoms. The molecule has 1 aromatic heterocycles. The van der Waals surface area contributed by atoms with Crippen LogP contribution in [0.4, 0.5) is 4.79 Å². The molecule has 0 bridgehead atoms. The second kappa shape index (κ2) is 6.58. The molecule has 2 heterocycles. The molecule has 1 aromatic rings. The van der Waals surface area contributed by atoms with Crippen molar-refractivity contribution < 1.29 is 19.1 Å². The van der Waals surface area contributed by atoms with Gasteiger partial charge in [0.25, 0.3) is 0 Å². The van der Waals surface area contributed by atoms with Crippen molar-refractivity contribution in [3.63, 3.8) is 0 Å². The minimum atomic E-state index is -0.234. The second-order valence-corrected chi connectivity index (χ2v) is 4.49. The number of hydrogen-bond donors (Lipinski definition) is 1. The Morgan fingerprint density at radius 1 is 1.32 bits per heavy atom. The standard InChI is InChI=1S/C13H20N2O4/c1-2-18-13(17)15-7-5-14(6-8-15)9-11-3-4-12(10-16)19-11/h3-4,16H,2,5-10H2,1H3. The molecular formula is C13H20N2O4. The Bertz CT molecular complexity index is 411. The summed E-state index contributed by atoms with van der Waals surface area (Å²) in [6.45, 7) is 5.80. The van der Waals surface area contributed by atoms with Gasteiger partial charge in [-0.25, -0.2) is 4.79 Å². The quantitative estimate of drug-likeness (QED) is 0.884. The highest BCUT2D eigenvalue weighted by molar-refractivity contribution is 5.67. The molecule has 1 N–H and O–H groups in total. The Kier molecular flexibility index (Phi) is 4.81. The number of carbonyl (C=O) groups excluding carboxylic acids is 1. The van der Waals surface area contributed by atoms with Crippen LogP contribution in [0.2, 0.25) is 0 Å². The highest BCUT2D eigenvalue weighted by Crippen LogP contribution is 2.12. The summed E-state index contributed by atoms with van der Waals surface area (Å²) in [5, 5.41) is 8.94. The van der Waals surface area contributed by atoms with Crippen molar-refractivity contribution in [2.45, 2.75) is 20.1 Å². The first kappa shape index (κ1) is 13.9. The lowest BCUT2D eigenvalue weighted by Crippen LogP contribution is -2.48. The number of nitrogens with zero attached hydrogens (tertiary/aromatic N) is 2. The lowest BCUT2D eigenvalue weighted by molar-refractivity contribution is 0.0757. The summed E-state index contributed by atoms with van der Waals surface area (Å²) in [7, 11) is 0. The summed E-state index contributed by atoms with van der Waals surface area (Å²) in [5.74, 6) is 1.42. The predicted octanol–water partition coefficient (Wildman–Crippen LogP) is 1.05. The van der Waals surface area contributed by atoms with Crippen LogP contribution in [0.3, 0.4) is 0 Å². The summed E-state index contributed by atoms with van der Waals surface area (Å²) in [4.78, 5) is 15.5. The Labute approximate surface area is 112 Å². The summed E-state index contributed by atoms with van der Waals surface area (Å²) >= 11 is 0. The van der Waals surface area contributed by atoms with E-state index in [0.29, 0.717) is 32.0 Å². The van der Waals surface area contributed by atoms with Crippen molar-refractivity contribution in [3.8, 4) is 0 Å². The van der Waals surface area contributed by atoms with E-state index in [1.54, 1.807) is 11.0 Å². The molecule has 1 aliphatic rings. The molecule has 1 amide bonds. The lowest BCUT2D eigenvalue weighted by Gasteiger charge is -2.33. The molecule has 1 saturated heterocycles. The van der Waals surface area contributed by atoms with Crippen LogP contribution in [0.25, 0.3) is 0 Å². The van der Waals surface area contributed by atoms with Crippen LogP contribution < -0.4 is 0 Å². The molecule has 1 aliphatic heterocycles. The average molecular weight is 268 g/mol. The zero-order valence-electron chi connectivity index (χ0n) is 11.2. The molecule has 0 spiro atoms. The maximum absolute atomic E-state index is 11.5. The average Bonchev–Trinajstić information content (AvgIpc) is 2.87. The van der Waals surface area contributed by atoms with Crippen molar-refractivity contribution in [3.05, 3.63) is 23.7 Å². The zero-order chi connectivity index (χ0) is 13.7. The second-order valence-electron chi connectivity index (χ2n) is 4.49. The van der Waals surface area contributed by atoms with Crippen LogP contribution in [-0.2, 0) is 17.9 Å². The van der Waals surface area contributed by atoms with E-state index in [0.717, 1.165) is 18.8 Å². The molecule has 106 valence electrons. The number of furan rings is 1. The predicted molar refractivity (Wildman–Crippen MR) is 68.5 cm³/mol. The fourth-order valence-corrected chi connectivity index (χ4v) is 2.12. The first-order valence-corrected chi connectivity index (χ1v) is 6.55. The van der Waals surface area contributed by atoms with Gasteiger partial charge in [-0.2, -0.15) is 0 Å². The molecule has 0 radical (unpaired) electrons. The van der Waals surface area contributed by atoms with E-state index in [9.17, 15) is 4.79 Å². The van der Waals surface area contributed by atoms with Crippen molar-refractivity contribution in [1.82, 2.24) is 9.80 Å². The number of aliphatic hydroxyl groups is 1. The molecule has 2 rings (SSSR count). The number of piperazine rings is 1. The normalized spacial score (nSPS) is 16.6. The minimum Gasteiger partial charge on any atom is -0.462 e. The van der Waals surface area contributed by atoms with Crippen LogP contribution in [0.15, 0.2) is 16.5 Å². The van der Waals surface area contributed by atoms with Crippen LogP contribution in [0, 0.1) is 0 Å². The summed E-state index contributed by atoms with van der Waals surface area (Å²) in [6, 6.07) is 3.66. The summed E-state index contributed by atoms with van der Waals surface area (Å²) < 4.78 is 10.4. The van der Waals surface area contributed by atoms with Gasteiger partial charge in [0.2, 0.25) is 0 Å². The van der Waals surface area contributed by atoms with Crippen molar-refractivity contribution >= 4 is 6.09 Å². The molecular weight excluding hydrogens is 248 g/mol. The highest BCUT2D eigenvalue weighted by Gasteiger charge is 2.22. The van der Waals surface area contributed by atoms with Gasteiger partial charge < -0.3 is 19.2 Å². The molecule has 6 heteroatoms. The SMILES string of the molecule is CCOC(=O)N1CCN(Cc2ccc(CO)o2)CC1. The number of hydrogen-bond acceptors (Lipinski definition) is 5. The van der Waals surface area contributed by atoms with E-state index in [4.69, 9.17) is 14.3 Å². The Morgan fingerprint density at radius 2 is 2.00 bits per heavy atom. The van der Waals surface area contributed by atoms with Gasteiger partial charge in [0.1, 0.15) is 18.1 Å². The van der Waals surface area contributed by atoms with Gasteiger partial charge in [-0.15, -0.1) is 0 Å². The van der Waals surface area contributed by atoms with Gasteiger partial charge in [-0.05, 0) is 19.1 Å². The Hall–Kier alpha value is -1.53. The van der Waals surface area contributed by atoms with E-state index in [2.05, 4.69) is 4.90 Å². The topological polar surface area (TPSA) is 66.2 Å². The van der Waals surface area contributed by atoms with Crippen molar-refractivity contribution in [2.24, 2.45) is 0 Å². The van der Waals surface area contributed by atoms with E-state index in [1.807, 2.05) is 13.0 Å². The minimum absolute atomic E-state index is 0.0728. The maximum Gasteiger partial charge on any atom is 0.409 e. The van der Waals surface area contributed by atoms with Crippen LogP contribution in [-0.4, -0.2) is 53.8 Å². The van der Waals surface area contributed by atoms with Crippen LogP contribution in [0.5, 0.6) is 0 Å². The van der Waals surface area contributed by atoms with Crippen LogP contribution >= 0.6 is 0 Å². The molecule has 0 atom stereocenters. The van der Waals surface area contributed by atoms with Crippen LogP contribution in [0.1, 0.15) is 18.4 Å².